The molecule has 0 radical (unpaired) electrons. The molecule has 0 fully saturated rings. The van der Waals surface area contributed by atoms with Gasteiger partial charge in [-0.1, -0.05) is 54.1 Å². The summed E-state index contributed by atoms with van der Waals surface area (Å²) in [5, 5.41) is 16.4. The highest BCUT2D eigenvalue weighted by molar-refractivity contribution is 6.30. The maximum atomic E-state index is 10.1. The minimum atomic E-state index is -0.283. The molecule has 0 aliphatic carbocycles. The van der Waals surface area contributed by atoms with Crippen molar-refractivity contribution in [3.05, 3.63) is 118 Å². The molecule has 1 aliphatic rings. The van der Waals surface area contributed by atoms with Crippen molar-refractivity contribution in [1.29, 1.82) is 5.26 Å². The Hall–Kier alpha value is -5.26. The van der Waals surface area contributed by atoms with Crippen LogP contribution in [0.25, 0.3) is 28.2 Å². The Morgan fingerprint density at radius 1 is 1.00 bits per heavy atom. The summed E-state index contributed by atoms with van der Waals surface area (Å²) in [6, 6.07) is 26.1. The molecule has 6 aromatic rings. The Bertz CT molecular complexity index is 2070. The normalized spacial score (nSPS) is 14.3. The molecule has 7 rings (SSSR count). The van der Waals surface area contributed by atoms with Crippen LogP contribution in [-0.4, -0.2) is 38.7 Å². The molecular formula is C33H24ClN7O. The molecule has 4 heterocycles. The quantitative estimate of drug-likeness (QED) is 0.210. The van der Waals surface area contributed by atoms with Crippen molar-refractivity contribution in [2.75, 3.05) is 19.0 Å². The van der Waals surface area contributed by atoms with E-state index in [1.54, 1.807) is 16.9 Å². The number of fused-ring (bicyclic) bond motifs is 6. The third-order valence-electron chi connectivity index (χ3n) is 7.46. The first-order valence-corrected chi connectivity index (χ1v) is 13.8. The third kappa shape index (κ3) is 4.31. The molecule has 1 aliphatic heterocycles. The molecule has 42 heavy (non-hydrogen) atoms. The molecule has 3 aromatic carbocycles. The van der Waals surface area contributed by atoms with E-state index >= 15 is 0 Å². The van der Waals surface area contributed by atoms with E-state index in [0.717, 1.165) is 44.5 Å². The summed E-state index contributed by atoms with van der Waals surface area (Å²) in [5.41, 5.74) is 7.20. The van der Waals surface area contributed by atoms with E-state index in [1.165, 1.54) is 0 Å². The van der Waals surface area contributed by atoms with E-state index in [4.69, 9.17) is 26.3 Å². The number of rotatable bonds is 4. The van der Waals surface area contributed by atoms with Crippen molar-refractivity contribution in [2.45, 2.75) is 12.8 Å². The van der Waals surface area contributed by atoms with Crippen LogP contribution in [0.2, 0.25) is 5.02 Å². The fourth-order valence-electron chi connectivity index (χ4n) is 5.35. The van der Waals surface area contributed by atoms with Gasteiger partial charge in [-0.15, -0.1) is 5.10 Å². The van der Waals surface area contributed by atoms with Crippen LogP contribution in [0, 0.1) is 18.3 Å². The van der Waals surface area contributed by atoms with Crippen LogP contribution in [0.4, 0.5) is 5.69 Å². The maximum absolute atomic E-state index is 10.1. The highest BCUT2D eigenvalue weighted by Gasteiger charge is 2.35. The van der Waals surface area contributed by atoms with Crippen LogP contribution >= 0.6 is 11.6 Å². The molecule has 0 amide bonds. The second kappa shape index (κ2) is 9.98. The first kappa shape index (κ1) is 25.7. The van der Waals surface area contributed by atoms with Crippen molar-refractivity contribution < 1.29 is 4.74 Å². The number of anilines is 1. The van der Waals surface area contributed by atoms with Gasteiger partial charge >= 0.3 is 0 Å². The summed E-state index contributed by atoms with van der Waals surface area (Å²) < 4.78 is 8.09. The summed E-state index contributed by atoms with van der Waals surface area (Å²) in [5.74, 6) is 1.11. The number of hydrogen-bond donors (Lipinski definition) is 0. The second-order valence-corrected chi connectivity index (χ2v) is 10.9. The third-order valence-corrected chi connectivity index (χ3v) is 7.71. The lowest BCUT2D eigenvalue weighted by Gasteiger charge is -2.28. The molecule has 0 saturated heterocycles. The van der Waals surface area contributed by atoms with Crippen LogP contribution in [0.15, 0.2) is 79.1 Å². The SMILES string of the molecule is Cc1ccc2ccc3c(c2n1)Oc1ncn2nc(/C(C#N)=C/c4ccc(N(C)C)cc4)nc2c1C3c1ccc(Cl)cc1. The number of hydrogen-bond acceptors (Lipinski definition) is 7. The van der Waals surface area contributed by atoms with Gasteiger partial charge in [0.1, 0.15) is 17.9 Å². The Morgan fingerprint density at radius 2 is 1.76 bits per heavy atom. The highest BCUT2D eigenvalue weighted by Crippen LogP contribution is 2.50. The minimum Gasteiger partial charge on any atom is -0.436 e. The summed E-state index contributed by atoms with van der Waals surface area (Å²) in [7, 11) is 3.97. The zero-order valence-electron chi connectivity index (χ0n) is 23.1. The number of ether oxygens (including phenoxy) is 1. The lowest BCUT2D eigenvalue weighted by molar-refractivity contribution is 0.436. The van der Waals surface area contributed by atoms with Gasteiger partial charge in [0, 0.05) is 47.4 Å². The van der Waals surface area contributed by atoms with E-state index in [2.05, 4.69) is 28.3 Å². The number of nitriles is 1. The van der Waals surface area contributed by atoms with E-state index in [9.17, 15) is 5.26 Å². The maximum Gasteiger partial charge on any atom is 0.228 e. The Balaban J connectivity index is 1.41. The second-order valence-electron chi connectivity index (χ2n) is 10.4. The van der Waals surface area contributed by atoms with Crippen molar-refractivity contribution >= 4 is 45.5 Å². The van der Waals surface area contributed by atoms with Crippen LogP contribution < -0.4 is 9.64 Å². The van der Waals surface area contributed by atoms with Gasteiger partial charge < -0.3 is 9.64 Å². The number of halogens is 1. The summed E-state index contributed by atoms with van der Waals surface area (Å²) in [6.07, 6.45) is 3.36. The van der Waals surface area contributed by atoms with Gasteiger partial charge in [-0.2, -0.15) is 5.26 Å². The van der Waals surface area contributed by atoms with Crippen LogP contribution in [0.1, 0.15) is 39.7 Å². The zero-order valence-corrected chi connectivity index (χ0v) is 23.8. The monoisotopic (exact) mass is 569 g/mol. The largest absolute Gasteiger partial charge is 0.436 e. The Kier molecular flexibility index (Phi) is 6.10. The van der Waals surface area contributed by atoms with Crippen LogP contribution in [0.5, 0.6) is 11.6 Å². The van der Waals surface area contributed by atoms with E-state index in [1.807, 2.05) is 86.6 Å². The lowest BCUT2D eigenvalue weighted by Crippen LogP contribution is -2.15. The molecule has 0 saturated carbocycles. The summed E-state index contributed by atoms with van der Waals surface area (Å²) in [4.78, 5) is 16.4. The van der Waals surface area contributed by atoms with Crippen LogP contribution in [0.3, 0.4) is 0 Å². The predicted octanol–water partition coefficient (Wildman–Crippen LogP) is 7.05. The number of nitrogens with zero attached hydrogens (tertiary/aromatic N) is 7. The molecule has 204 valence electrons. The van der Waals surface area contributed by atoms with Gasteiger partial charge in [0.2, 0.25) is 5.88 Å². The zero-order chi connectivity index (χ0) is 29.0. The van der Waals surface area contributed by atoms with Gasteiger partial charge in [0.15, 0.2) is 17.2 Å². The Labute approximate surface area is 247 Å². The molecule has 0 N–H and O–H groups in total. The average Bonchev–Trinajstić information content (AvgIpc) is 3.44. The molecule has 9 heteroatoms. The van der Waals surface area contributed by atoms with Gasteiger partial charge in [-0.3, -0.25) is 0 Å². The first-order chi connectivity index (χ1) is 20.4. The predicted molar refractivity (Wildman–Crippen MR) is 164 cm³/mol. The molecule has 0 bridgehead atoms. The molecule has 1 unspecified atom stereocenters. The van der Waals surface area contributed by atoms with E-state index in [-0.39, 0.29) is 5.92 Å². The molecule has 8 nitrogen and oxygen atoms in total. The topological polar surface area (TPSA) is 92.2 Å². The summed E-state index contributed by atoms with van der Waals surface area (Å²) >= 11 is 6.27. The molecule has 0 spiro atoms. The summed E-state index contributed by atoms with van der Waals surface area (Å²) in [6.45, 7) is 1.96. The minimum absolute atomic E-state index is 0.283. The van der Waals surface area contributed by atoms with Gasteiger partial charge in [0.05, 0.1) is 11.1 Å². The average molecular weight is 570 g/mol. The van der Waals surface area contributed by atoms with Gasteiger partial charge in [-0.25, -0.2) is 19.5 Å². The van der Waals surface area contributed by atoms with Gasteiger partial charge in [-0.05, 0) is 54.5 Å². The van der Waals surface area contributed by atoms with E-state index < -0.39 is 0 Å². The number of pyridine rings is 1. The molecular weight excluding hydrogens is 546 g/mol. The Morgan fingerprint density at radius 3 is 2.50 bits per heavy atom. The first-order valence-electron chi connectivity index (χ1n) is 13.4. The fraction of sp³-hybridized carbons (Fsp3) is 0.121. The van der Waals surface area contributed by atoms with Crippen LogP contribution in [-0.2, 0) is 0 Å². The standard InChI is InChI=1S/C33H24ClN7O/c1-19-4-7-22-10-15-26-27(21-8-11-24(34)12-9-21)28-32-38-31(23(17-35)16-20-5-13-25(14-6-20)40(2)3)39-41(32)18-36-33(28)42-30(26)29(22)37-19/h4-16,18,27H,1-3H3/b23-16+. The van der Waals surface area contributed by atoms with Crippen molar-refractivity contribution in [3.63, 3.8) is 0 Å². The van der Waals surface area contributed by atoms with E-state index in [0.29, 0.717) is 33.7 Å². The molecule has 3 aromatic heterocycles. The highest BCUT2D eigenvalue weighted by atomic mass is 35.5. The number of aryl methyl sites for hydroxylation is 1. The number of allylic oxidation sites excluding steroid dienone is 1. The smallest absolute Gasteiger partial charge is 0.228 e. The number of aromatic nitrogens is 5. The van der Waals surface area contributed by atoms with Crippen molar-refractivity contribution in [2.24, 2.45) is 0 Å². The molecule has 1 atom stereocenters. The van der Waals surface area contributed by atoms with Crippen molar-refractivity contribution in [3.8, 4) is 17.7 Å². The fourth-order valence-corrected chi connectivity index (χ4v) is 5.48. The van der Waals surface area contributed by atoms with Gasteiger partial charge in [0.25, 0.3) is 0 Å². The van der Waals surface area contributed by atoms with Crippen molar-refractivity contribution in [1.82, 2.24) is 24.6 Å². The number of benzene rings is 3. The lowest BCUT2D eigenvalue weighted by atomic mass is 9.83.